The molecule has 108 valence electrons. The Hall–Kier alpha value is -1.63. The summed E-state index contributed by atoms with van der Waals surface area (Å²) in [4.78, 5) is 23.9. The largest absolute Gasteiger partial charge is 0.364 e. The minimum atomic E-state index is -0.371. The number of halogens is 1. The van der Waals surface area contributed by atoms with Crippen molar-refractivity contribution in [2.75, 3.05) is 18.0 Å². The molecule has 1 fully saturated rings. The molecular formula is C13H16BrN3O3. The van der Waals surface area contributed by atoms with Gasteiger partial charge in [0, 0.05) is 36.6 Å². The molecule has 0 aromatic heterocycles. The van der Waals surface area contributed by atoms with Gasteiger partial charge in [-0.05, 0) is 25.0 Å². The smallest absolute Gasteiger partial charge is 0.292 e. The average molecular weight is 342 g/mol. The molecule has 0 saturated carbocycles. The lowest BCUT2D eigenvalue weighted by Gasteiger charge is -2.34. The molecule has 2 rings (SSSR count). The number of hydrogen-bond donors (Lipinski definition) is 1. The van der Waals surface area contributed by atoms with E-state index < -0.39 is 0 Å². The second kappa shape index (κ2) is 6.21. The van der Waals surface area contributed by atoms with Crippen LogP contribution < -0.4 is 10.2 Å². The van der Waals surface area contributed by atoms with Gasteiger partial charge in [0.05, 0.1) is 4.92 Å². The van der Waals surface area contributed by atoms with Gasteiger partial charge in [0.15, 0.2) is 0 Å². The summed E-state index contributed by atoms with van der Waals surface area (Å²) in [7, 11) is 0. The average Bonchev–Trinajstić information content (AvgIpc) is 2.37. The van der Waals surface area contributed by atoms with Crippen molar-refractivity contribution in [3.05, 3.63) is 32.8 Å². The van der Waals surface area contributed by atoms with Crippen molar-refractivity contribution in [1.29, 1.82) is 0 Å². The first-order valence-corrected chi connectivity index (χ1v) is 7.22. The third-order valence-electron chi connectivity index (χ3n) is 3.30. The van der Waals surface area contributed by atoms with Crippen molar-refractivity contribution < 1.29 is 9.72 Å². The highest BCUT2D eigenvalue weighted by atomic mass is 79.9. The summed E-state index contributed by atoms with van der Waals surface area (Å²) in [5.74, 6) is -0.0689. The Balaban J connectivity index is 2.24. The molecule has 1 aliphatic heterocycles. The van der Waals surface area contributed by atoms with Gasteiger partial charge in [0.25, 0.3) is 5.69 Å². The summed E-state index contributed by atoms with van der Waals surface area (Å²) in [6.45, 7) is 2.84. The van der Waals surface area contributed by atoms with Crippen LogP contribution in [0.1, 0.15) is 19.8 Å². The number of amides is 1. The van der Waals surface area contributed by atoms with Gasteiger partial charge >= 0.3 is 0 Å². The lowest BCUT2D eigenvalue weighted by molar-refractivity contribution is -0.384. The molecule has 1 heterocycles. The van der Waals surface area contributed by atoms with Gasteiger partial charge in [-0.1, -0.05) is 15.9 Å². The van der Waals surface area contributed by atoms with Gasteiger partial charge in [0.2, 0.25) is 5.91 Å². The zero-order valence-corrected chi connectivity index (χ0v) is 12.7. The molecule has 1 aliphatic rings. The Morgan fingerprint density at radius 3 is 2.95 bits per heavy atom. The number of hydrogen-bond acceptors (Lipinski definition) is 4. The topological polar surface area (TPSA) is 75.5 Å². The second-order valence-corrected chi connectivity index (χ2v) is 5.79. The van der Waals surface area contributed by atoms with E-state index in [4.69, 9.17) is 0 Å². The number of nitro groups is 1. The van der Waals surface area contributed by atoms with Crippen LogP contribution in [0.25, 0.3) is 0 Å². The van der Waals surface area contributed by atoms with E-state index in [9.17, 15) is 14.9 Å². The first-order chi connectivity index (χ1) is 9.47. The summed E-state index contributed by atoms with van der Waals surface area (Å²) >= 11 is 3.35. The van der Waals surface area contributed by atoms with Gasteiger partial charge in [-0.25, -0.2) is 0 Å². The number of piperidine rings is 1. The van der Waals surface area contributed by atoms with Crippen molar-refractivity contribution in [2.24, 2.45) is 0 Å². The molecule has 1 N–H and O–H groups in total. The van der Waals surface area contributed by atoms with E-state index in [1.807, 2.05) is 4.90 Å². The zero-order chi connectivity index (χ0) is 14.7. The van der Waals surface area contributed by atoms with E-state index >= 15 is 0 Å². The van der Waals surface area contributed by atoms with Crippen LogP contribution in [0.5, 0.6) is 0 Å². The van der Waals surface area contributed by atoms with E-state index in [0.717, 1.165) is 23.9 Å². The van der Waals surface area contributed by atoms with E-state index in [1.54, 1.807) is 12.1 Å². The maximum Gasteiger partial charge on any atom is 0.292 e. The summed E-state index contributed by atoms with van der Waals surface area (Å²) in [6, 6.07) is 4.96. The fourth-order valence-corrected chi connectivity index (χ4v) is 2.85. The molecule has 0 spiro atoms. The number of anilines is 1. The molecular weight excluding hydrogens is 326 g/mol. The Morgan fingerprint density at radius 2 is 2.30 bits per heavy atom. The highest BCUT2D eigenvalue weighted by Gasteiger charge is 2.26. The number of nitrogens with one attached hydrogen (secondary N) is 1. The highest BCUT2D eigenvalue weighted by Crippen LogP contribution is 2.32. The normalized spacial score (nSPS) is 18.7. The maximum atomic E-state index is 11.1. The van der Waals surface area contributed by atoms with E-state index in [2.05, 4.69) is 21.2 Å². The number of carbonyl (C=O) groups is 1. The molecule has 0 aliphatic carbocycles. The van der Waals surface area contributed by atoms with Crippen LogP contribution in [0.2, 0.25) is 0 Å². The minimum Gasteiger partial charge on any atom is -0.364 e. The molecule has 6 nitrogen and oxygen atoms in total. The summed E-state index contributed by atoms with van der Waals surface area (Å²) in [6.07, 6.45) is 1.80. The maximum absolute atomic E-state index is 11.1. The predicted molar refractivity (Wildman–Crippen MR) is 79.8 cm³/mol. The van der Waals surface area contributed by atoms with Gasteiger partial charge in [-0.2, -0.15) is 0 Å². The van der Waals surface area contributed by atoms with Crippen LogP contribution in [0.15, 0.2) is 22.7 Å². The molecule has 1 aromatic carbocycles. The molecule has 20 heavy (non-hydrogen) atoms. The third kappa shape index (κ3) is 3.47. The first-order valence-electron chi connectivity index (χ1n) is 6.43. The molecule has 7 heteroatoms. The molecule has 0 unspecified atom stereocenters. The first kappa shape index (κ1) is 14.8. The SMILES string of the molecule is CC(=O)N[C@@H]1CCCN(c2cc(Br)ccc2[N+](=O)[O-])C1. The molecule has 1 aromatic rings. The van der Waals surface area contributed by atoms with Crippen molar-refractivity contribution in [2.45, 2.75) is 25.8 Å². The summed E-state index contributed by atoms with van der Waals surface area (Å²) in [5.41, 5.74) is 0.691. The molecule has 1 atom stereocenters. The molecule has 1 amide bonds. The highest BCUT2D eigenvalue weighted by molar-refractivity contribution is 9.10. The fourth-order valence-electron chi connectivity index (χ4n) is 2.51. The minimum absolute atomic E-state index is 0.0415. The van der Waals surface area contributed by atoms with Gasteiger partial charge in [0.1, 0.15) is 5.69 Å². The lowest BCUT2D eigenvalue weighted by Crippen LogP contribution is -2.47. The van der Waals surface area contributed by atoms with Gasteiger partial charge in [-0.3, -0.25) is 14.9 Å². The van der Waals surface area contributed by atoms with Gasteiger partial charge < -0.3 is 10.2 Å². The molecule has 0 radical (unpaired) electrons. The standard InChI is InChI=1S/C13H16BrN3O3/c1-9(18)15-11-3-2-6-16(8-11)13-7-10(14)4-5-12(13)17(19)20/h4-5,7,11H,2-3,6,8H2,1H3,(H,15,18)/t11-/m1/s1. The van der Waals surface area contributed by atoms with Crippen molar-refractivity contribution >= 4 is 33.2 Å². The van der Waals surface area contributed by atoms with Crippen molar-refractivity contribution in [3.8, 4) is 0 Å². The van der Waals surface area contributed by atoms with Crippen LogP contribution >= 0.6 is 15.9 Å². The molecule has 0 bridgehead atoms. The van der Waals surface area contributed by atoms with E-state index in [1.165, 1.54) is 13.0 Å². The fraction of sp³-hybridized carbons (Fsp3) is 0.462. The second-order valence-electron chi connectivity index (χ2n) is 4.88. The van der Waals surface area contributed by atoms with Crippen molar-refractivity contribution in [1.82, 2.24) is 5.32 Å². The Bertz CT molecular complexity index is 536. The summed E-state index contributed by atoms with van der Waals surface area (Å²) < 4.78 is 0.805. The van der Waals surface area contributed by atoms with Crippen LogP contribution in [0.4, 0.5) is 11.4 Å². The third-order valence-corrected chi connectivity index (χ3v) is 3.80. The molecule has 1 saturated heterocycles. The number of nitrogens with zero attached hydrogens (tertiary/aromatic N) is 2. The van der Waals surface area contributed by atoms with E-state index in [0.29, 0.717) is 12.2 Å². The van der Waals surface area contributed by atoms with Crippen LogP contribution in [0, 0.1) is 10.1 Å². The van der Waals surface area contributed by atoms with Gasteiger partial charge in [-0.15, -0.1) is 0 Å². The summed E-state index contributed by atoms with van der Waals surface area (Å²) in [5, 5.41) is 14.0. The van der Waals surface area contributed by atoms with Crippen LogP contribution in [0.3, 0.4) is 0 Å². The Morgan fingerprint density at radius 1 is 1.55 bits per heavy atom. The lowest BCUT2D eigenvalue weighted by atomic mass is 10.0. The monoisotopic (exact) mass is 341 g/mol. The number of nitro benzene ring substituents is 1. The van der Waals surface area contributed by atoms with E-state index in [-0.39, 0.29) is 22.6 Å². The number of carbonyl (C=O) groups excluding carboxylic acids is 1. The Kier molecular flexibility index (Phi) is 4.59. The predicted octanol–water partition coefficient (Wildman–Crippen LogP) is 2.46. The van der Waals surface area contributed by atoms with Crippen LogP contribution in [-0.2, 0) is 4.79 Å². The quantitative estimate of drug-likeness (QED) is 0.676. The Labute approximate surface area is 125 Å². The number of benzene rings is 1. The van der Waals surface area contributed by atoms with Crippen molar-refractivity contribution in [3.63, 3.8) is 0 Å². The van der Waals surface area contributed by atoms with Crippen LogP contribution in [-0.4, -0.2) is 30.0 Å². The number of rotatable bonds is 3. The zero-order valence-electron chi connectivity index (χ0n) is 11.1.